The summed E-state index contributed by atoms with van der Waals surface area (Å²) in [6.07, 6.45) is 7.10. The maximum Gasteiger partial charge on any atom is 0.307 e. The van der Waals surface area contributed by atoms with Crippen molar-refractivity contribution >= 4 is 17.0 Å². The van der Waals surface area contributed by atoms with Crippen molar-refractivity contribution in [1.82, 2.24) is 9.55 Å². The average molecular weight is 503 g/mol. The summed E-state index contributed by atoms with van der Waals surface area (Å²) in [7, 11) is 2.04. The van der Waals surface area contributed by atoms with Gasteiger partial charge >= 0.3 is 5.97 Å². The summed E-state index contributed by atoms with van der Waals surface area (Å²) in [5.41, 5.74) is 5.45. The van der Waals surface area contributed by atoms with Crippen LogP contribution in [0.25, 0.3) is 22.2 Å². The highest BCUT2D eigenvalue weighted by molar-refractivity contribution is 5.82. The molecule has 2 saturated heterocycles. The zero-order chi connectivity index (χ0) is 25.7. The molecule has 2 bridgehead atoms. The third-order valence-corrected chi connectivity index (χ3v) is 9.22. The Morgan fingerprint density at radius 3 is 2.46 bits per heavy atom. The molecule has 3 heterocycles. The second-order valence-corrected chi connectivity index (χ2v) is 11.7. The summed E-state index contributed by atoms with van der Waals surface area (Å²) >= 11 is 0. The van der Waals surface area contributed by atoms with Crippen LogP contribution in [0, 0.1) is 24.7 Å². The zero-order valence-corrected chi connectivity index (χ0v) is 22.1. The van der Waals surface area contributed by atoms with E-state index >= 15 is 0 Å². The Bertz CT molecular complexity index is 1270. The molecule has 1 aromatic heterocycles. The van der Waals surface area contributed by atoms with Gasteiger partial charge in [0.2, 0.25) is 0 Å². The first-order valence-electron chi connectivity index (χ1n) is 13.9. The first-order chi connectivity index (χ1) is 17.9. The van der Waals surface area contributed by atoms with Gasteiger partial charge in [0, 0.05) is 13.7 Å². The lowest BCUT2D eigenvalue weighted by Gasteiger charge is -2.39. The Labute approximate surface area is 219 Å². The van der Waals surface area contributed by atoms with Crippen molar-refractivity contribution < 1.29 is 19.4 Å². The molecule has 1 aliphatic carbocycles. The van der Waals surface area contributed by atoms with E-state index in [1.54, 1.807) is 0 Å². The van der Waals surface area contributed by atoms with Crippen molar-refractivity contribution in [2.24, 2.45) is 24.8 Å². The van der Waals surface area contributed by atoms with Crippen LogP contribution in [0.2, 0.25) is 0 Å². The molecule has 3 fully saturated rings. The molecule has 6 atom stereocenters. The minimum Gasteiger partial charge on any atom is -0.481 e. The number of ether oxygens (including phenoxy) is 2. The normalized spacial score (nSPS) is 31.6. The Balaban J connectivity index is 1.18. The Kier molecular flexibility index (Phi) is 6.58. The van der Waals surface area contributed by atoms with Crippen LogP contribution >= 0.6 is 0 Å². The van der Waals surface area contributed by atoms with Crippen LogP contribution in [0.15, 0.2) is 42.5 Å². The number of aryl methyl sites for hydroxylation is 2. The fourth-order valence-corrected chi connectivity index (χ4v) is 7.18. The van der Waals surface area contributed by atoms with Gasteiger partial charge in [0.25, 0.3) is 0 Å². The Morgan fingerprint density at radius 1 is 1.05 bits per heavy atom. The van der Waals surface area contributed by atoms with E-state index in [2.05, 4.69) is 58.9 Å². The number of imidazole rings is 1. The molecule has 6 heteroatoms. The van der Waals surface area contributed by atoms with Crippen LogP contribution in [0.1, 0.15) is 62.8 Å². The molecular weight excluding hydrogens is 464 g/mol. The van der Waals surface area contributed by atoms with Crippen molar-refractivity contribution in [2.45, 2.75) is 76.6 Å². The van der Waals surface area contributed by atoms with E-state index in [4.69, 9.17) is 9.47 Å². The molecule has 3 unspecified atom stereocenters. The molecule has 0 spiro atoms. The first kappa shape index (κ1) is 24.6. The fraction of sp³-hybridized carbons (Fsp3) is 0.548. The number of carboxylic acids is 1. The SMILES string of the molecule is Cc1nc2cc(-c3ccc([C@@H]4C[C@H](OCC5CC6CCC(C5)O6)C[C@H](C)C4C(=O)O)cc3)ccc2n1C. The van der Waals surface area contributed by atoms with Gasteiger partial charge in [-0.3, -0.25) is 4.79 Å². The molecule has 2 aliphatic heterocycles. The Hall–Kier alpha value is -2.70. The highest BCUT2D eigenvalue weighted by atomic mass is 16.5. The maximum absolute atomic E-state index is 12.3. The standard InChI is InChI=1S/C31H38N2O4/c1-18-12-26(36-17-20-13-24-9-10-25(14-20)37-24)16-27(30(18)31(34)35)22-6-4-21(5-7-22)23-8-11-29-28(15-23)32-19(2)33(29)3/h4-8,11,15,18,20,24-27,30H,9-10,12-14,16-17H2,1-3H3,(H,34,35)/t18-,20?,24?,25?,26+,27-,30?/m0/s1. The number of benzene rings is 2. The van der Waals surface area contributed by atoms with E-state index in [0.717, 1.165) is 65.8 Å². The summed E-state index contributed by atoms with van der Waals surface area (Å²) in [6.45, 7) is 4.87. The predicted molar refractivity (Wildman–Crippen MR) is 144 cm³/mol. The maximum atomic E-state index is 12.3. The zero-order valence-electron chi connectivity index (χ0n) is 22.1. The quantitative estimate of drug-likeness (QED) is 0.441. The van der Waals surface area contributed by atoms with E-state index in [-0.39, 0.29) is 17.9 Å². The first-order valence-corrected chi connectivity index (χ1v) is 13.9. The van der Waals surface area contributed by atoms with Crippen LogP contribution < -0.4 is 0 Å². The van der Waals surface area contributed by atoms with Crippen molar-refractivity contribution in [1.29, 1.82) is 0 Å². The van der Waals surface area contributed by atoms with Crippen LogP contribution in [-0.2, 0) is 21.3 Å². The van der Waals surface area contributed by atoms with E-state index < -0.39 is 11.9 Å². The van der Waals surface area contributed by atoms with Gasteiger partial charge in [-0.15, -0.1) is 0 Å². The Morgan fingerprint density at radius 2 is 1.76 bits per heavy atom. The number of aromatic nitrogens is 2. The highest BCUT2D eigenvalue weighted by Crippen LogP contribution is 2.44. The van der Waals surface area contributed by atoms with Crippen molar-refractivity contribution in [3.63, 3.8) is 0 Å². The molecular formula is C31H38N2O4. The van der Waals surface area contributed by atoms with Crippen LogP contribution in [0.3, 0.4) is 0 Å². The van der Waals surface area contributed by atoms with Gasteiger partial charge in [0.05, 0.1) is 35.3 Å². The van der Waals surface area contributed by atoms with Gasteiger partial charge in [-0.05, 0) is 92.0 Å². The van der Waals surface area contributed by atoms with Crippen molar-refractivity contribution in [3.05, 3.63) is 53.9 Å². The molecule has 0 amide bonds. The number of fused-ring (bicyclic) bond motifs is 3. The fourth-order valence-electron chi connectivity index (χ4n) is 7.18. The van der Waals surface area contributed by atoms with Gasteiger partial charge in [0.15, 0.2) is 0 Å². The van der Waals surface area contributed by atoms with Crippen molar-refractivity contribution in [3.8, 4) is 11.1 Å². The molecule has 6 rings (SSSR count). The van der Waals surface area contributed by atoms with Crippen molar-refractivity contribution in [2.75, 3.05) is 6.61 Å². The molecule has 3 aliphatic rings. The number of carboxylic acid groups (broad SMARTS) is 1. The molecule has 1 N–H and O–H groups in total. The third-order valence-electron chi connectivity index (χ3n) is 9.22. The number of hydrogen-bond acceptors (Lipinski definition) is 4. The molecule has 196 valence electrons. The lowest BCUT2D eigenvalue weighted by molar-refractivity contribution is -0.148. The van der Waals surface area contributed by atoms with Gasteiger partial charge in [-0.1, -0.05) is 37.3 Å². The summed E-state index contributed by atoms with van der Waals surface area (Å²) in [5.74, 6) is 0.495. The van der Waals surface area contributed by atoms with Gasteiger partial charge < -0.3 is 19.1 Å². The number of carbonyl (C=O) groups is 1. The van der Waals surface area contributed by atoms with E-state index in [1.165, 1.54) is 12.8 Å². The van der Waals surface area contributed by atoms with Gasteiger partial charge in [-0.25, -0.2) is 4.98 Å². The van der Waals surface area contributed by atoms with E-state index in [9.17, 15) is 9.90 Å². The summed E-state index contributed by atoms with van der Waals surface area (Å²) < 4.78 is 14.6. The summed E-state index contributed by atoms with van der Waals surface area (Å²) in [6, 6.07) is 14.9. The van der Waals surface area contributed by atoms with Crippen LogP contribution in [-0.4, -0.2) is 45.5 Å². The molecule has 6 nitrogen and oxygen atoms in total. The number of hydrogen-bond donors (Lipinski definition) is 1. The smallest absolute Gasteiger partial charge is 0.307 e. The van der Waals surface area contributed by atoms with E-state index in [1.807, 2.05) is 14.0 Å². The third kappa shape index (κ3) is 4.82. The molecule has 3 aromatic rings. The molecule has 37 heavy (non-hydrogen) atoms. The lowest BCUT2D eigenvalue weighted by atomic mass is 9.69. The summed E-state index contributed by atoms with van der Waals surface area (Å²) in [4.78, 5) is 17.0. The number of aliphatic carboxylic acids is 1. The molecule has 0 radical (unpaired) electrons. The number of nitrogens with zero attached hydrogens (tertiary/aromatic N) is 2. The average Bonchev–Trinajstić information content (AvgIpc) is 3.38. The van der Waals surface area contributed by atoms with Gasteiger partial charge in [0.1, 0.15) is 5.82 Å². The predicted octanol–water partition coefficient (Wildman–Crippen LogP) is 6.11. The second kappa shape index (κ2) is 9.88. The molecule has 1 saturated carbocycles. The topological polar surface area (TPSA) is 73.6 Å². The monoisotopic (exact) mass is 502 g/mol. The van der Waals surface area contributed by atoms with E-state index in [0.29, 0.717) is 18.1 Å². The lowest BCUT2D eigenvalue weighted by Crippen LogP contribution is -2.39. The highest BCUT2D eigenvalue weighted by Gasteiger charge is 2.42. The van der Waals surface area contributed by atoms with Crippen LogP contribution in [0.4, 0.5) is 0 Å². The minimum atomic E-state index is -0.697. The second-order valence-electron chi connectivity index (χ2n) is 11.7. The number of rotatable bonds is 6. The van der Waals surface area contributed by atoms with Crippen LogP contribution in [0.5, 0.6) is 0 Å². The summed E-state index contributed by atoms with van der Waals surface area (Å²) in [5, 5.41) is 10.1. The van der Waals surface area contributed by atoms with Gasteiger partial charge in [-0.2, -0.15) is 0 Å². The molecule has 2 aromatic carbocycles. The largest absolute Gasteiger partial charge is 0.481 e. The minimum absolute atomic E-state index is 0.0490.